The van der Waals surface area contributed by atoms with Crippen LogP contribution in [-0.4, -0.2) is 34.0 Å². The lowest BCUT2D eigenvalue weighted by molar-refractivity contribution is 0.199. The van der Waals surface area contributed by atoms with Crippen LogP contribution in [0.3, 0.4) is 0 Å². The summed E-state index contributed by atoms with van der Waals surface area (Å²) in [6, 6.07) is 6.15. The monoisotopic (exact) mass is 293 g/mol. The third-order valence-corrected chi connectivity index (χ3v) is 3.99. The number of methoxy groups -OCH3 is 2. The maximum Gasteiger partial charge on any atom is 0.161 e. The highest BCUT2D eigenvalue weighted by Crippen LogP contribution is 2.31. The van der Waals surface area contributed by atoms with E-state index in [0.29, 0.717) is 5.92 Å². The summed E-state index contributed by atoms with van der Waals surface area (Å²) in [5.41, 5.74) is 1.19. The summed E-state index contributed by atoms with van der Waals surface area (Å²) in [6.45, 7) is 3.18. The van der Waals surface area contributed by atoms with E-state index in [4.69, 9.17) is 14.2 Å². The summed E-state index contributed by atoms with van der Waals surface area (Å²) < 4.78 is 16.4. The van der Waals surface area contributed by atoms with Crippen LogP contribution >= 0.6 is 0 Å². The van der Waals surface area contributed by atoms with Gasteiger partial charge in [-0.2, -0.15) is 0 Å². The Labute approximate surface area is 127 Å². The van der Waals surface area contributed by atoms with Crippen molar-refractivity contribution in [3.8, 4) is 11.5 Å². The molecule has 0 saturated heterocycles. The van der Waals surface area contributed by atoms with Gasteiger partial charge in [-0.1, -0.05) is 18.9 Å². The molecule has 1 saturated carbocycles. The van der Waals surface area contributed by atoms with Crippen molar-refractivity contribution < 1.29 is 14.2 Å². The second-order valence-electron chi connectivity index (χ2n) is 5.62. The summed E-state index contributed by atoms with van der Waals surface area (Å²) in [5, 5.41) is 3.33. The number of ether oxygens (including phenoxy) is 3. The van der Waals surface area contributed by atoms with E-state index in [1.54, 1.807) is 14.2 Å². The van der Waals surface area contributed by atoms with E-state index in [1.165, 1.54) is 31.2 Å². The quantitative estimate of drug-likeness (QED) is 0.711. The maximum absolute atomic E-state index is 5.94. The Morgan fingerprint density at radius 3 is 2.67 bits per heavy atom. The normalized spacial score (nSPS) is 15.3. The van der Waals surface area contributed by atoms with Crippen LogP contribution in [0.15, 0.2) is 18.2 Å². The molecule has 4 nitrogen and oxygen atoms in total. The Morgan fingerprint density at radius 2 is 1.95 bits per heavy atom. The third-order valence-electron chi connectivity index (χ3n) is 3.99. The first-order valence-corrected chi connectivity index (χ1v) is 7.83. The Bertz CT molecular complexity index is 416. The third kappa shape index (κ3) is 5.21. The molecule has 1 aromatic rings. The van der Waals surface area contributed by atoms with Crippen LogP contribution in [0.1, 0.15) is 31.2 Å². The molecule has 1 aliphatic rings. The predicted octanol–water partition coefficient (Wildman–Crippen LogP) is 3.00. The van der Waals surface area contributed by atoms with Gasteiger partial charge in [0, 0.05) is 20.2 Å². The molecular weight excluding hydrogens is 266 g/mol. The molecule has 2 rings (SSSR count). The van der Waals surface area contributed by atoms with Gasteiger partial charge < -0.3 is 19.5 Å². The molecular formula is C17H27NO3. The number of hydrogen-bond acceptors (Lipinski definition) is 4. The van der Waals surface area contributed by atoms with E-state index in [0.717, 1.165) is 37.8 Å². The van der Waals surface area contributed by atoms with Gasteiger partial charge in [-0.3, -0.25) is 0 Å². The molecule has 118 valence electrons. The average Bonchev–Trinajstić information content (AvgIpc) is 3.03. The van der Waals surface area contributed by atoms with Gasteiger partial charge in [0.15, 0.2) is 11.5 Å². The van der Waals surface area contributed by atoms with E-state index in [-0.39, 0.29) is 0 Å². The van der Waals surface area contributed by atoms with E-state index in [9.17, 15) is 0 Å². The molecule has 0 bridgehead atoms. The molecule has 1 aromatic carbocycles. The standard InChI is InChI=1S/C17H27NO3/c1-19-10-9-18-12-15-7-8-16(17(11-15)20-2)21-13-14-5-3-4-6-14/h7-8,11,14,18H,3-6,9-10,12-13H2,1-2H3. The Hall–Kier alpha value is -1.26. The lowest BCUT2D eigenvalue weighted by atomic mass is 10.1. The van der Waals surface area contributed by atoms with Crippen molar-refractivity contribution in [3.63, 3.8) is 0 Å². The predicted molar refractivity (Wildman–Crippen MR) is 84.0 cm³/mol. The second kappa shape index (κ2) is 8.90. The number of hydrogen-bond donors (Lipinski definition) is 1. The lowest BCUT2D eigenvalue weighted by Gasteiger charge is -2.15. The van der Waals surface area contributed by atoms with Crippen LogP contribution in [-0.2, 0) is 11.3 Å². The van der Waals surface area contributed by atoms with Crippen molar-refractivity contribution in [2.75, 3.05) is 34.0 Å². The molecule has 0 aromatic heterocycles. The SMILES string of the molecule is COCCNCc1ccc(OCC2CCCC2)c(OC)c1. The van der Waals surface area contributed by atoms with Gasteiger partial charge in [0.25, 0.3) is 0 Å². The molecule has 1 fully saturated rings. The fourth-order valence-electron chi connectivity index (χ4n) is 2.73. The van der Waals surface area contributed by atoms with Crippen LogP contribution < -0.4 is 14.8 Å². The minimum atomic E-state index is 0.713. The van der Waals surface area contributed by atoms with Crippen LogP contribution in [0.2, 0.25) is 0 Å². The molecule has 0 radical (unpaired) electrons. The largest absolute Gasteiger partial charge is 0.493 e. The van der Waals surface area contributed by atoms with Gasteiger partial charge in [-0.25, -0.2) is 0 Å². The van der Waals surface area contributed by atoms with Crippen LogP contribution in [0, 0.1) is 5.92 Å². The molecule has 0 unspecified atom stereocenters. The van der Waals surface area contributed by atoms with Crippen LogP contribution in [0.5, 0.6) is 11.5 Å². The van der Waals surface area contributed by atoms with Gasteiger partial charge in [0.05, 0.1) is 20.3 Å². The molecule has 0 amide bonds. The topological polar surface area (TPSA) is 39.7 Å². The fourth-order valence-corrected chi connectivity index (χ4v) is 2.73. The second-order valence-corrected chi connectivity index (χ2v) is 5.62. The highest BCUT2D eigenvalue weighted by Gasteiger charge is 2.16. The van der Waals surface area contributed by atoms with Gasteiger partial charge in [0.1, 0.15) is 0 Å². The first kappa shape index (κ1) is 16.1. The average molecular weight is 293 g/mol. The van der Waals surface area contributed by atoms with E-state index < -0.39 is 0 Å². The van der Waals surface area contributed by atoms with Crippen molar-refractivity contribution >= 4 is 0 Å². The van der Waals surface area contributed by atoms with Crippen molar-refractivity contribution in [1.82, 2.24) is 5.32 Å². The van der Waals surface area contributed by atoms with Gasteiger partial charge in [-0.05, 0) is 36.5 Å². The van der Waals surface area contributed by atoms with Crippen molar-refractivity contribution in [1.29, 1.82) is 0 Å². The van der Waals surface area contributed by atoms with Crippen LogP contribution in [0.25, 0.3) is 0 Å². The number of rotatable bonds is 9. The molecule has 1 aliphatic carbocycles. The Balaban J connectivity index is 1.86. The molecule has 1 N–H and O–H groups in total. The first-order valence-electron chi connectivity index (χ1n) is 7.83. The molecule has 21 heavy (non-hydrogen) atoms. The van der Waals surface area contributed by atoms with Crippen molar-refractivity contribution in [2.45, 2.75) is 32.2 Å². The zero-order chi connectivity index (χ0) is 14.9. The molecule has 0 spiro atoms. The minimum Gasteiger partial charge on any atom is -0.493 e. The fraction of sp³-hybridized carbons (Fsp3) is 0.647. The molecule has 0 aliphatic heterocycles. The smallest absolute Gasteiger partial charge is 0.161 e. The van der Waals surface area contributed by atoms with Gasteiger partial charge >= 0.3 is 0 Å². The number of nitrogens with one attached hydrogen (secondary N) is 1. The van der Waals surface area contributed by atoms with Crippen molar-refractivity contribution in [3.05, 3.63) is 23.8 Å². The zero-order valence-electron chi connectivity index (χ0n) is 13.2. The Morgan fingerprint density at radius 1 is 1.14 bits per heavy atom. The summed E-state index contributed by atoms with van der Waals surface area (Å²) in [5.74, 6) is 2.38. The molecule has 0 atom stereocenters. The summed E-state index contributed by atoms with van der Waals surface area (Å²) >= 11 is 0. The summed E-state index contributed by atoms with van der Waals surface area (Å²) in [6.07, 6.45) is 5.28. The highest BCUT2D eigenvalue weighted by molar-refractivity contribution is 5.43. The summed E-state index contributed by atoms with van der Waals surface area (Å²) in [4.78, 5) is 0. The van der Waals surface area contributed by atoms with E-state index in [1.807, 2.05) is 12.1 Å². The van der Waals surface area contributed by atoms with Crippen molar-refractivity contribution in [2.24, 2.45) is 5.92 Å². The number of benzene rings is 1. The first-order chi connectivity index (χ1) is 10.3. The Kier molecular flexibility index (Phi) is 6.83. The van der Waals surface area contributed by atoms with E-state index >= 15 is 0 Å². The minimum absolute atomic E-state index is 0.713. The molecule has 0 heterocycles. The van der Waals surface area contributed by atoms with E-state index in [2.05, 4.69) is 11.4 Å². The zero-order valence-corrected chi connectivity index (χ0v) is 13.2. The van der Waals surface area contributed by atoms with Gasteiger partial charge in [0.2, 0.25) is 0 Å². The molecule has 4 heteroatoms. The van der Waals surface area contributed by atoms with Gasteiger partial charge in [-0.15, -0.1) is 0 Å². The summed E-state index contributed by atoms with van der Waals surface area (Å²) in [7, 11) is 3.40. The highest BCUT2D eigenvalue weighted by atomic mass is 16.5. The maximum atomic E-state index is 5.94. The lowest BCUT2D eigenvalue weighted by Crippen LogP contribution is -2.18. The van der Waals surface area contributed by atoms with Crippen LogP contribution in [0.4, 0.5) is 0 Å².